The molecule has 70 valence electrons. The second-order valence-electron chi connectivity index (χ2n) is 2.57. The molecule has 0 unspecified atom stereocenters. The number of esters is 1. The molecule has 0 radical (unpaired) electrons. The highest BCUT2D eigenvalue weighted by atomic mass is 16.5. The van der Waals surface area contributed by atoms with Gasteiger partial charge in [0.2, 0.25) is 0 Å². The molecule has 0 aliphatic carbocycles. The summed E-state index contributed by atoms with van der Waals surface area (Å²) >= 11 is 0. The Morgan fingerprint density at radius 3 is 2.50 bits per heavy atom. The van der Waals surface area contributed by atoms with E-state index in [4.69, 9.17) is 10.1 Å². The number of hydrogen-bond donors (Lipinski definition) is 1. The maximum Gasteiger partial charge on any atom is 0.315 e. The van der Waals surface area contributed by atoms with Crippen molar-refractivity contribution < 1.29 is 14.3 Å². The van der Waals surface area contributed by atoms with Gasteiger partial charge in [0.05, 0.1) is 12.7 Å². The second kappa shape index (κ2) is 5.57. The molecule has 0 saturated carbocycles. The average Bonchev–Trinajstić information content (AvgIpc) is 1.84. The molecule has 0 aromatic carbocycles. The normalized spacial score (nSPS) is 9.67. The third kappa shape index (κ3) is 5.70. The highest BCUT2D eigenvalue weighted by Gasteiger charge is 2.08. The van der Waals surface area contributed by atoms with Gasteiger partial charge in [0.1, 0.15) is 6.42 Å². The third-order valence-corrected chi connectivity index (χ3v) is 0.988. The van der Waals surface area contributed by atoms with E-state index in [-0.39, 0.29) is 18.4 Å². The highest BCUT2D eigenvalue weighted by molar-refractivity contribution is 5.92. The summed E-state index contributed by atoms with van der Waals surface area (Å²) in [5, 5.41) is 7.20. The summed E-state index contributed by atoms with van der Waals surface area (Å²) in [6.07, 6.45) is -0.140. The topological polar surface area (TPSA) is 59.4 Å². The van der Waals surface area contributed by atoms with Crippen molar-refractivity contribution in [3.63, 3.8) is 0 Å². The minimum atomic E-state index is -0.414. The van der Waals surface area contributed by atoms with Gasteiger partial charge in [-0.3, -0.25) is 10.2 Å². The van der Waals surface area contributed by atoms with Crippen molar-refractivity contribution in [2.45, 2.75) is 33.3 Å². The fourth-order valence-corrected chi connectivity index (χ4v) is 0.669. The quantitative estimate of drug-likeness (QED) is 0.396. The van der Waals surface area contributed by atoms with Gasteiger partial charge in [0.15, 0.2) is 5.90 Å². The third-order valence-electron chi connectivity index (χ3n) is 0.988. The van der Waals surface area contributed by atoms with E-state index in [2.05, 4.69) is 4.74 Å². The van der Waals surface area contributed by atoms with Crippen LogP contribution in [0.3, 0.4) is 0 Å². The number of hydrogen-bond acceptors (Lipinski definition) is 4. The fourth-order valence-electron chi connectivity index (χ4n) is 0.669. The first-order chi connectivity index (χ1) is 5.56. The number of carbonyl (C=O) groups excluding carboxylic acids is 1. The number of ether oxygens (including phenoxy) is 2. The number of nitrogens with one attached hydrogen (secondary N) is 1. The van der Waals surface area contributed by atoms with E-state index in [0.717, 1.165) is 0 Å². The Morgan fingerprint density at radius 1 is 1.50 bits per heavy atom. The first-order valence-corrected chi connectivity index (χ1v) is 3.96. The van der Waals surface area contributed by atoms with Crippen LogP contribution in [0.1, 0.15) is 27.2 Å². The van der Waals surface area contributed by atoms with Gasteiger partial charge in [-0.25, -0.2) is 0 Å². The van der Waals surface area contributed by atoms with Crippen LogP contribution in [0.5, 0.6) is 0 Å². The molecule has 0 bridgehead atoms. The molecular formula is C8H15NO3. The van der Waals surface area contributed by atoms with Gasteiger partial charge in [0.25, 0.3) is 0 Å². The van der Waals surface area contributed by atoms with E-state index in [0.29, 0.717) is 6.61 Å². The molecule has 0 aromatic heterocycles. The molecule has 0 fully saturated rings. The zero-order chi connectivity index (χ0) is 9.56. The molecule has 0 spiro atoms. The predicted octanol–water partition coefficient (Wildman–Crippen LogP) is 1.34. The minimum Gasteiger partial charge on any atom is -0.478 e. The summed E-state index contributed by atoms with van der Waals surface area (Å²) in [5.74, 6) is -0.452. The summed E-state index contributed by atoms with van der Waals surface area (Å²) in [6.45, 7) is 5.68. The summed E-state index contributed by atoms with van der Waals surface area (Å²) < 4.78 is 9.58. The van der Waals surface area contributed by atoms with E-state index in [9.17, 15) is 4.79 Å². The van der Waals surface area contributed by atoms with E-state index in [1.807, 2.05) is 0 Å². The van der Waals surface area contributed by atoms with Crippen molar-refractivity contribution in [1.82, 2.24) is 0 Å². The molecule has 12 heavy (non-hydrogen) atoms. The van der Waals surface area contributed by atoms with Crippen molar-refractivity contribution in [3.8, 4) is 0 Å². The molecule has 0 amide bonds. The lowest BCUT2D eigenvalue weighted by Gasteiger charge is -2.09. The van der Waals surface area contributed by atoms with Crippen molar-refractivity contribution in [1.29, 1.82) is 5.41 Å². The molecule has 4 heteroatoms. The first kappa shape index (κ1) is 10.9. The van der Waals surface area contributed by atoms with E-state index in [1.54, 1.807) is 20.8 Å². The Morgan fingerprint density at radius 2 is 2.08 bits per heavy atom. The SMILES string of the molecule is CCOC(=O)CC(=N)OC(C)C. The zero-order valence-electron chi connectivity index (χ0n) is 7.72. The molecule has 0 aromatic rings. The second-order valence-corrected chi connectivity index (χ2v) is 2.57. The summed E-state index contributed by atoms with van der Waals surface area (Å²) in [5.41, 5.74) is 0. The molecule has 1 N–H and O–H groups in total. The average molecular weight is 173 g/mol. The van der Waals surface area contributed by atoms with Gasteiger partial charge in [-0.2, -0.15) is 0 Å². The lowest BCUT2D eigenvalue weighted by Crippen LogP contribution is -2.16. The maximum atomic E-state index is 10.8. The Bertz CT molecular complexity index is 166. The van der Waals surface area contributed by atoms with E-state index < -0.39 is 5.97 Å². The Kier molecular flexibility index (Phi) is 5.08. The zero-order valence-corrected chi connectivity index (χ0v) is 7.72. The maximum absolute atomic E-state index is 10.8. The fraction of sp³-hybridized carbons (Fsp3) is 0.750. The lowest BCUT2D eigenvalue weighted by atomic mass is 10.4. The Labute approximate surface area is 72.4 Å². The summed E-state index contributed by atoms with van der Waals surface area (Å²) in [4.78, 5) is 10.8. The van der Waals surface area contributed by atoms with E-state index in [1.165, 1.54) is 0 Å². The van der Waals surface area contributed by atoms with Crippen molar-refractivity contribution in [2.75, 3.05) is 6.61 Å². The van der Waals surface area contributed by atoms with Crippen molar-refractivity contribution in [3.05, 3.63) is 0 Å². The van der Waals surface area contributed by atoms with Gasteiger partial charge >= 0.3 is 5.97 Å². The summed E-state index contributed by atoms with van der Waals surface area (Å²) in [6, 6.07) is 0. The van der Waals surface area contributed by atoms with Crippen LogP contribution in [0.4, 0.5) is 0 Å². The van der Waals surface area contributed by atoms with Crippen LogP contribution in [0, 0.1) is 5.41 Å². The van der Waals surface area contributed by atoms with Crippen LogP contribution in [-0.4, -0.2) is 24.6 Å². The van der Waals surface area contributed by atoms with E-state index >= 15 is 0 Å². The molecule has 0 atom stereocenters. The first-order valence-electron chi connectivity index (χ1n) is 3.96. The van der Waals surface area contributed by atoms with Crippen LogP contribution in [-0.2, 0) is 14.3 Å². The lowest BCUT2D eigenvalue weighted by molar-refractivity contribution is -0.141. The smallest absolute Gasteiger partial charge is 0.315 e. The summed E-state index contributed by atoms with van der Waals surface area (Å²) in [7, 11) is 0. The van der Waals surface area contributed by atoms with Crippen LogP contribution >= 0.6 is 0 Å². The van der Waals surface area contributed by atoms with Crippen LogP contribution in [0.15, 0.2) is 0 Å². The number of carbonyl (C=O) groups is 1. The van der Waals surface area contributed by atoms with Crippen LogP contribution in [0.2, 0.25) is 0 Å². The van der Waals surface area contributed by atoms with Gasteiger partial charge < -0.3 is 9.47 Å². The van der Waals surface area contributed by atoms with Gasteiger partial charge in [-0.15, -0.1) is 0 Å². The standard InChI is InChI=1S/C8H15NO3/c1-4-11-8(10)5-7(9)12-6(2)3/h6,9H,4-5H2,1-3H3. The van der Waals surface area contributed by atoms with Gasteiger partial charge in [-0.05, 0) is 20.8 Å². The van der Waals surface area contributed by atoms with Crippen LogP contribution < -0.4 is 0 Å². The molecular weight excluding hydrogens is 158 g/mol. The molecule has 4 nitrogen and oxygen atoms in total. The number of rotatable bonds is 4. The van der Waals surface area contributed by atoms with Crippen LogP contribution in [0.25, 0.3) is 0 Å². The minimum absolute atomic E-state index is 0.0385. The van der Waals surface area contributed by atoms with Gasteiger partial charge in [-0.1, -0.05) is 0 Å². The van der Waals surface area contributed by atoms with Crippen molar-refractivity contribution >= 4 is 11.9 Å². The van der Waals surface area contributed by atoms with Gasteiger partial charge in [0, 0.05) is 0 Å². The monoisotopic (exact) mass is 173 g/mol. The molecule has 0 heterocycles. The highest BCUT2D eigenvalue weighted by Crippen LogP contribution is 1.95. The molecule has 0 aliphatic heterocycles. The molecule has 0 aliphatic rings. The molecule has 0 saturated heterocycles. The predicted molar refractivity (Wildman–Crippen MR) is 45.2 cm³/mol. The Balaban J connectivity index is 3.62. The van der Waals surface area contributed by atoms with Crippen molar-refractivity contribution in [2.24, 2.45) is 0 Å². The molecule has 0 rings (SSSR count). The largest absolute Gasteiger partial charge is 0.478 e. The Hall–Kier alpha value is -1.06.